The molecule has 1 aliphatic carbocycles. The minimum absolute atomic E-state index is 0.360. The molecule has 0 amide bonds. The van der Waals surface area contributed by atoms with E-state index in [2.05, 4.69) is 37.2 Å². The molecule has 0 aromatic carbocycles. The molecule has 1 fully saturated rings. The highest BCUT2D eigenvalue weighted by Crippen LogP contribution is 2.25. The van der Waals surface area contributed by atoms with E-state index < -0.39 is 0 Å². The number of nitrogens with zero attached hydrogens (tertiary/aromatic N) is 2. The predicted octanol–water partition coefficient (Wildman–Crippen LogP) is 2.53. The zero-order chi connectivity index (χ0) is 12.9. The molecule has 0 aromatic rings. The summed E-state index contributed by atoms with van der Waals surface area (Å²) in [4.78, 5) is 2.37. The highest BCUT2D eigenvalue weighted by Gasteiger charge is 2.34. The van der Waals surface area contributed by atoms with Crippen LogP contribution in [0.1, 0.15) is 52.9 Å². The summed E-state index contributed by atoms with van der Waals surface area (Å²) in [6.07, 6.45) is 5.84. The van der Waals surface area contributed by atoms with E-state index in [1.165, 1.54) is 25.7 Å². The van der Waals surface area contributed by atoms with Gasteiger partial charge in [0.05, 0.1) is 6.07 Å². The van der Waals surface area contributed by atoms with Crippen molar-refractivity contribution in [1.29, 1.82) is 5.26 Å². The lowest BCUT2D eigenvalue weighted by Gasteiger charge is -2.32. The molecule has 0 aromatic heterocycles. The van der Waals surface area contributed by atoms with Crippen LogP contribution in [0.15, 0.2) is 0 Å². The fourth-order valence-corrected chi connectivity index (χ4v) is 2.19. The molecular weight excluding hydrogens is 210 g/mol. The standard InChI is InChI=1S/C14H27N3/c1-5-6-9-17(4)12(2)10-14(3,11-15)16-13-7-8-13/h12-13,16H,5-10H2,1-4H3. The second-order valence-corrected chi connectivity index (χ2v) is 5.75. The summed E-state index contributed by atoms with van der Waals surface area (Å²) in [6.45, 7) is 7.60. The molecule has 1 saturated carbocycles. The smallest absolute Gasteiger partial charge is 0.105 e. The Morgan fingerprint density at radius 2 is 2.18 bits per heavy atom. The van der Waals surface area contributed by atoms with Gasteiger partial charge in [0.15, 0.2) is 0 Å². The highest BCUT2D eigenvalue weighted by atomic mass is 15.1. The number of rotatable bonds is 8. The first-order chi connectivity index (χ1) is 8.00. The van der Waals surface area contributed by atoms with Crippen molar-refractivity contribution >= 4 is 0 Å². The van der Waals surface area contributed by atoms with Crippen LogP contribution in [0.25, 0.3) is 0 Å². The third-order valence-corrected chi connectivity index (χ3v) is 3.67. The Morgan fingerprint density at radius 3 is 2.65 bits per heavy atom. The van der Waals surface area contributed by atoms with Crippen LogP contribution in [0.4, 0.5) is 0 Å². The van der Waals surface area contributed by atoms with Gasteiger partial charge in [0.25, 0.3) is 0 Å². The molecule has 2 atom stereocenters. The van der Waals surface area contributed by atoms with E-state index in [4.69, 9.17) is 0 Å². The predicted molar refractivity (Wildman–Crippen MR) is 71.8 cm³/mol. The quantitative estimate of drug-likeness (QED) is 0.705. The number of nitriles is 1. The summed E-state index contributed by atoms with van der Waals surface area (Å²) < 4.78 is 0. The monoisotopic (exact) mass is 237 g/mol. The van der Waals surface area contributed by atoms with Gasteiger partial charge in [-0.05, 0) is 53.1 Å². The van der Waals surface area contributed by atoms with Crippen molar-refractivity contribution in [2.75, 3.05) is 13.6 Å². The summed E-state index contributed by atoms with van der Waals surface area (Å²) in [7, 11) is 2.16. The zero-order valence-corrected chi connectivity index (χ0v) is 11.8. The van der Waals surface area contributed by atoms with Crippen molar-refractivity contribution < 1.29 is 0 Å². The second-order valence-electron chi connectivity index (χ2n) is 5.75. The molecule has 1 N–H and O–H groups in total. The van der Waals surface area contributed by atoms with Crippen LogP contribution in [-0.2, 0) is 0 Å². The molecule has 3 heteroatoms. The molecule has 0 radical (unpaired) electrons. The maximum Gasteiger partial charge on any atom is 0.105 e. The van der Waals surface area contributed by atoms with Gasteiger partial charge >= 0.3 is 0 Å². The van der Waals surface area contributed by atoms with Crippen molar-refractivity contribution in [2.24, 2.45) is 0 Å². The Hall–Kier alpha value is -0.590. The summed E-state index contributed by atoms with van der Waals surface area (Å²) in [5.74, 6) is 0. The maximum absolute atomic E-state index is 9.34. The average molecular weight is 237 g/mol. The van der Waals surface area contributed by atoms with Crippen molar-refractivity contribution in [1.82, 2.24) is 10.2 Å². The Balaban J connectivity index is 2.40. The van der Waals surface area contributed by atoms with Crippen LogP contribution < -0.4 is 5.32 Å². The van der Waals surface area contributed by atoms with Crippen molar-refractivity contribution in [3.63, 3.8) is 0 Å². The number of hydrogen-bond acceptors (Lipinski definition) is 3. The minimum Gasteiger partial charge on any atom is -0.304 e. The maximum atomic E-state index is 9.34. The number of unbranched alkanes of at least 4 members (excludes halogenated alkanes) is 1. The fourth-order valence-electron chi connectivity index (χ4n) is 2.19. The third kappa shape index (κ3) is 5.06. The molecule has 0 heterocycles. The summed E-state index contributed by atoms with van der Waals surface area (Å²) in [5, 5.41) is 12.8. The first-order valence-electron chi connectivity index (χ1n) is 6.90. The van der Waals surface area contributed by atoms with Gasteiger partial charge in [0, 0.05) is 12.1 Å². The van der Waals surface area contributed by atoms with Gasteiger partial charge in [-0.1, -0.05) is 13.3 Å². The Bertz CT molecular complexity index is 267. The second kappa shape index (κ2) is 6.37. The van der Waals surface area contributed by atoms with E-state index in [0.717, 1.165) is 13.0 Å². The molecule has 0 saturated heterocycles. The normalized spacial score (nSPS) is 20.9. The largest absolute Gasteiger partial charge is 0.304 e. The molecule has 2 unspecified atom stereocenters. The Kier molecular flexibility index (Phi) is 5.42. The van der Waals surface area contributed by atoms with E-state index in [9.17, 15) is 5.26 Å². The summed E-state index contributed by atoms with van der Waals surface area (Å²) in [5.41, 5.74) is -0.360. The van der Waals surface area contributed by atoms with Crippen molar-refractivity contribution in [3.8, 4) is 6.07 Å². The number of nitrogens with one attached hydrogen (secondary N) is 1. The lowest BCUT2D eigenvalue weighted by molar-refractivity contribution is 0.210. The van der Waals surface area contributed by atoms with E-state index in [0.29, 0.717) is 12.1 Å². The molecule has 3 nitrogen and oxygen atoms in total. The molecule has 1 rings (SSSR count). The fraction of sp³-hybridized carbons (Fsp3) is 0.929. The lowest BCUT2D eigenvalue weighted by Crippen LogP contribution is -2.47. The first-order valence-corrected chi connectivity index (χ1v) is 6.90. The molecule has 17 heavy (non-hydrogen) atoms. The van der Waals surface area contributed by atoms with Crippen LogP contribution in [0.2, 0.25) is 0 Å². The van der Waals surface area contributed by atoms with Gasteiger partial charge < -0.3 is 4.90 Å². The lowest BCUT2D eigenvalue weighted by atomic mass is 9.94. The van der Waals surface area contributed by atoms with E-state index >= 15 is 0 Å². The molecule has 0 bridgehead atoms. The summed E-state index contributed by atoms with van der Waals surface area (Å²) in [6, 6.07) is 3.50. The third-order valence-electron chi connectivity index (χ3n) is 3.67. The van der Waals surface area contributed by atoms with Gasteiger partial charge in [-0.2, -0.15) is 5.26 Å². The molecule has 0 aliphatic heterocycles. The molecule has 1 aliphatic rings. The van der Waals surface area contributed by atoms with Crippen LogP contribution in [0.3, 0.4) is 0 Å². The van der Waals surface area contributed by atoms with Crippen LogP contribution in [0, 0.1) is 11.3 Å². The van der Waals surface area contributed by atoms with Gasteiger partial charge in [-0.25, -0.2) is 0 Å². The van der Waals surface area contributed by atoms with Crippen LogP contribution in [0.5, 0.6) is 0 Å². The van der Waals surface area contributed by atoms with Gasteiger partial charge in [0.1, 0.15) is 5.54 Å². The van der Waals surface area contributed by atoms with Crippen molar-refractivity contribution in [2.45, 2.75) is 70.5 Å². The average Bonchev–Trinajstić information content (AvgIpc) is 3.09. The molecule has 98 valence electrons. The summed E-state index contributed by atoms with van der Waals surface area (Å²) >= 11 is 0. The zero-order valence-electron chi connectivity index (χ0n) is 11.8. The van der Waals surface area contributed by atoms with Gasteiger partial charge in [0.2, 0.25) is 0 Å². The Labute approximate surface area is 106 Å². The van der Waals surface area contributed by atoms with E-state index in [1.807, 2.05) is 6.92 Å². The molecule has 0 spiro atoms. The molecular formula is C14H27N3. The minimum atomic E-state index is -0.360. The Morgan fingerprint density at radius 1 is 1.53 bits per heavy atom. The van der Waals surface area contributed by atoms with Crippen LogP contribution in [-0.4, -0.2) is 36.1 Å². The SMILES string of the molecule is CCCCN(C)C(C)CC(C)(C#N)NC1CC1. The highest BCUT2D eigenvalue weighted by molar-refractivity contribution is 5.08. The van der Waals surface area contributed by atoms with Gasteiger partial charge in [-0.15, -0.1) is 0 Å². The van der Waals surface area contributed by atoms with E-state index in [-0.39, 0.29) is 5.54 Å². The van der Waals surface area contributed by atoms with Gasteiger partial charge in [-0.3, -0.25) is 5.32 Å². The number of hydrogen-bond donors (Lipinski definition) is 1. The van der Waals surface area contributed by atoms with Crippen LogP contribution >= 0.6 is 0 Å². The first kappa shape index (κ1) is 14.5. The van der Waals surface area contributed by atoms with Crippen molar-refractivity contribution in [3.05, 3.63) is 0 Å². The van der Waals surface area contributed by atoms with E-state index in [1.54, 1.807) is 0 Å². The topological polar surface area (TPSA) is 39.1 Å².